The molecule has 35 heavy (non-hydrogen) atoms. The summed E-state index contributed by atoms with van der Waals surface area (Å²) in [6.45, 7) is 0.652. The number of benzene rings is 1. The maximum Gasteiger partial charge on any atom is 0.147 e. The van der Waals surface area contributed by atoms with Gasteiger partial charge in [0.25, 0.3) is 0 Å². The smallest absolute Gasteiger partial charge is 0.147 e. The fourth-order valence-electron chi connectivity index (χ4n) is 5.01. The van der Waals surface area contributed by atoms with Crippen LogP contribution in [0.1, 0.15) is 48.1 Å². The fraction of sp³-hybridized carbons (Fsp3) is 0.440. The van der Waals surface area contributed by atoms with Crippen LogP contribution in [0.25, 0.3) is 11.0 Å². The van der Waals surface area contributed by atoms with E-state index in [4.69, 9.17) is 4.74 Å². The molecular weight excluding hydrogens is 466 g/mol. The van der Waals surface area contributed by atoms with Gasteiger partial charge in [0.1, 0.15) is 39.2 Å². The Morgan fingerprint density at radius 1 is 1.26 bits per heavy atom. The topological polar surface area (TPSA) is 126 Å². The number of nitrogens with zero attached hydrogens (tertiary/aromatic N) is 3. The van der Waals surface area contributed by atoms with Gasteiger partial charge in [0.15, 0.2) is 0 Å². The lowest BCUT2D eigenvalue weighted by atomic mass is 9.82. The lowest BCUT2D eigenvalue weighted by molar-refractivity contribution is -0.123. The van der Waals surface area contributed by atoms with E-state index in [9.17, 15) is 13.2 Å². The van der Waals surface area contributed by atoms with Gasteiger partial charge in [-0.1, -0.05) is 0 Å². The van der Waals surface area contributed by atoms with Crippen molar-refractivity contribution in [2.75, 3.05) is 24.4 Å². The summed E-state index contributed by atoms with van der Waals surface area (Å²) in [4.78, 5) is 29.7. The number of ketones is 1. The van der Waals surface area contributed by atoms with Gasteiger partial charge in [-0.05, 0) is 60.9 Å². The minimum Gasteiger partial charge on any atom is -0.495 e. The van der Waals surface area contributed by atoms with E-state index in [2.05, 4.69) is 25.3 Å². The number of carbonyl (C=O) groups excluding carboxylic acids is 1. The zero-order chi connectivity index (χ0) is 24.6. The van der Waals surface area contributed by atoms with Crippen LogP contribution in [-0.4, -0.2) is 54.5 Å². The molecule has 0 bridgehead atoms. The van der Waals surface area contributed by atoms with Gasteiger partial charge in [-0.2, -0.15) is 0 Å². The Bertz CT molecular complexity index is 1430. The maximum atomic E-state index is 12.9. The molecule has 2 N–H and O–H groups in total. The van der Waals surface area contributed by atoms with Gasteiger partial charge in [0.05, 0.1) is 24.7 Å². The van der Waals surface area contributed by atoms with Gasteiger partial charge in [0.2, 0.25) is 0 Å². The maximum absolute atomic E-state index is 12.9. The lowest BCUT2D eigenvalue weighted by Gasteiger charge is -2.22. The van der Waals surface area contributed by atoms with Crippen molar-refractivity contribution in [2.24, 2.45) is 10.9 Å². The zero-order valence-corrected chi connectivity index (χ0v) is 20.7. The third-order valence-corrected chi connectivity index (χ3v) is 7.86. The Kier molecular flexibility index (Phi) is 6.31. The number of ether oxygens (including phenoxy) is 1. The monoisotopic (exact) mass is 495 g/mol. The van der Waals surface area contributed by atoms with E-state index in [0.29, 0.717) is 43.8 Å². The van der Waals surface area contributed by atoms with Crippen LogP contribution in [0.5, 0.6) is 5.75 Å². The van der Waals surface area contributed by atoms with E-state index in [1.807, 2.05) is 18.3 Å². The molecule has 1 atom stereocenters. The number of methoxy groups -OCH3 is 1. The molecule has 2 aliphatic rings. The second-order valence-electron chi connectivity index (χ2n) is 9.37. The van der Waals surface area contributed by atoms with Crippen LogP contribution in [0.2, 0.25) is 0 Å². The van der Waals surface area contributed by atoms with Crippen LogP contribution in [0.4, 0.5) is 11.5 Å². The lowest BCUT2D eigenvalue weighted by Crippen LogP contribution is -2.22. The molecule has 184 valence electrons. The van der Waals surface area contributed by atoms with E-state index in [0.717, 1.165) is 51.9 Å². The Morgan fingerprint density at radius 3 is 2.91 bits per heavy atom. The summed E-state index contributed by atoms with van der Waals surface area (Å²) < 4.78 is 28.3. The van der Waals surface area contributed by atoms with Crippen molar-refractivity contribution in [2.45, 2.75) is 45.1 Å². The number of anilines is 2. The molecule has 1 aliphatic carbocycles. The number of aliphatic imine (C=N–C) groups is 1. The second-order valence-corrected chi connectivity index (χ2v) is 11.6. The number of fused-ring (bicyclic) bond motifs is 4. The highest BCUT2D eigenvalue weighted by atomic mass is 32.2. The standard InChI is InChI=1S/C25H29N5O4S/c1-34-22-11-17-13-26-12-16(17)10-20(22)30-25-23-18-9-15(21(31)5-3-4-8-35(2,32)33)6-7-19(18)29-24(23)27-14-28-25/h10-12,14-15H,3-9,13H2,1-2H3,(H2,27,28,29,30). The van der Waals surface area contributed by atoms with Gasteiger partial charge in [-0.15, -0.1) is 0 Å². The van der Waals surface area contributed by atoms with Crippen LogP contribution in [0.3, 0.4) is 0 Å². The molecule has 1 aromatic carbocycles. The molecule has 0 radical (unpaired) electrons. The molecule has 0 amide bonds. The van der Waals surface area contributed by atoms with Crippen molar-refractivity contribution in [1.29, 1.82) is 0 Å². The van der Waals surface area contributed by atoms with Gasteiger partial charge >= 0.3 is 0 Å². The third kappa shape index (κ3) is 4.93. The number of Topliss-reactive ketones (excluding diaryl/α,β-unsaturated/α-hetero) is 1. The van der Waals surface area contributed by atoms with E-state index < -0.39 is 9.84 Å². The Labute approximate surface area is 204 Å². The zero-order valence-electron chi connectivity index (χ0n) is 19.9. The quantitative estimate of drug-likeness (QED) is 0.435. The van der Waals surface area contributed by atoms with Crippen molar-refractivity contribution in [3.8, 4) is 5.75 Å². The number of sulfone groups is 1. The van der Waals surface area contributed by atoms with E-state index >= 15 is 0 Å². The molecule has 5 rings (SSSR count). The third-order valence-electron chi connectivity index (χ3n) is 6.83. The van der Waals surface area contributed by atoms with Crippen LogP contribution in [0.15, 0.2) is 23.5 Å². The molecule has 10 heteroatoms. The van der Waals surface area contributed by atoms with Crippen LogP contribution in [-0.2, 0) is 34.0 Å². The van der Waals surface area contributed by atoms with Crippen LogP contribution in [0, 0.1) is 5.92 Å². The van der Waals surface area contributed by atoms with Crippen LogP contribution < -0.4 is 10.1 Å². The van der Waals surface area contributed by atoms with Crippen molar-refractivity contribution in [1.82, 2.24) is 15.0 Å². The number of aromatic amines is 1. The normalized spacial score (nSPS) is 16.8. The number of rotatable bonds is 9. The molecule has 0 fully saturated rings. The number of H-pyrrole nitrogens is 1. The number of unbranched alkanes of at least 4 members (excludes halogenated alkanes) is 1. The highest BCUT2D eigenvalue weighted by Gasteiger charge is 2.29. The van der Waals surface area contributed by atoms with Gasteiger partial charge in [0, 0.05) is 36.3 Å². The summed E-state index contributed by atoms with van der Waals surface area (Å²) in [6.07, 6.45) is 8.31. The minimum atomic E-state index is -3.00. The van der Waals surface area contributed by atoms with E-state index in [-0.39, 0.29) is 17.5 Å². The Morgan fingerprint density at radius 2 is 2.11 bits per heavy atom. The highest BCUT2D eigenvalue weighted by molar-refractivity contribution is 7.90. The van der Waals surface area contributed by atoms with Gasteiger partial charge in [-0.3, -0.25) is 9.79 Å². The molecule has 0 saturated heterocycles. The summed E-state index contributed by atoms with van der Waals surface area (Å²) in [6, 6.07) is 4.01. The first kappa shape index (κ1) is 23.5. The number of aromatic nitrogens is 3. The van der Waals surface area contributed by atoms with E-state index in [1.165, 1.54) is 12.6 Å². The van der Waals surface area contributed by atoms with Gasteiger partial charge < -0.3 is 15.0 Å². The summed E-state index contributed by atoms with van der Waals surface area (Å²) in [5.41, 5.74) is 5.89. The van der Waals surface area contributed by atoms with Crippen LogP contribution >= 0.6 is 0 Å². The number of nitrogens with one attached hydrogen (secondary N) is 2. The van der Waals surface area contributed by atoms with Crippen molar-refractivity contribution in [3.63, 3.8) is 0 Å². The summed E-state index contributed by atoms with van der Waals surface area (Å²) in [7, 11) is -1.35. The van der Waals surface area contributed by atoms with Crippen molar-refractivity contribution >= 4 is 44.4 Å². The first-order valence-electron chi connectivity index (χ1n) is 11.8. The largest absolute Gasteiger partial charge is 0.495 e. The van der Waals surface area contributed by atoms with Crippen molar-refractivity contribution in [3.05, 3.63) is 40.8 Å². The van der Waals surface area contributed by atoms with E-state index in [1.54, 1.807) is 7.11 Å². The molecule has 9 nitrogen and oxygen atoms in total. The molecule has 2 aromatic heterocycles. The summed E-state index contributed by atoms with van der Waals surface area (Å²) in [5, 5.41) is 4.33. The minimum absolute atomic E-state index is 0.0847. The number of hydrogen-bond donors (Lipinski definition) is 2. The van der Waals surface area contributed by atoms with Gasteiger partial charge in [-0.25, -0.2) is 18.4 Å². The average Bonchev–Trinajstić information content (AvgIpc) is 3.44. The number of hydrogen-bond acceptors (Lipinski definition) is 8. The molecule has 1 unspecified atom stereocenters. The molecule has 0 saturated carbocycles. The summed E-state index contributed by atoms with van der Waals surface area (Å²) >= 11 is 0. The number of carbonyl (C=O) groups is 1. The average molecular weight is 496 g/mol. The molecule has 3 heterocycles. The molecule has 3 aromatic rings. The predicted molar refractivity (Wildman–Crippen MR) is 136 cm³/mol. The molecule has 0 spiro atoms. The number of aryl methyl sites for hydroxylation is 1. The fourth-order valence-corrected chi connectivity index (χ4v) is 5.74. The SMILES string of the molecule is COc1cc2c(cc1Nc1ncnc3[nH]c4c(c13)CC(C(=O)CCCCS(C)(=O)=O)CC4)C=NC2. The predicted octanol–water partition coefficient (Wildman–Crippen LogP) is 3.53. The van der Waals surface area contributed by atoms with Crippen molar-refractivity contribution < 1.29 is 17.9 Å². The summed E-state index contributed by atoms with van der Waals surface area (Å²) in [5.74, 6) is 1.62. The molecule has 1 aliphatic heterocycles. The molecular formula is C25H29N5O4S. The first-order chi connectivity index (χ1) is 16.8. The second kappa shape index (κ2) is 9.41. The highest BCUT2D eigenvalue weighted by Crippen LogP contribution is 2.38. The Hall–Kier alpha value is -3.27. The first-order valence-corrected chi connectivity index (χ1v) is 13.9. The Balaban J connectivity index is 1.38.